The lowest BCUT2D eigenvalue weighted by Gasteiger charge is -2.11. The van der Waals surface area contributed by atoms with Crippen molar-refractivity contribution >= 4 is 35.1 Å². The van der Waals surface area contributed by atoms with E-state index in [9.17, 15) is 9.59 Å². The monoisotopic (exact) mass is 470 g/mol. The van der Waals surface area contributed by atoms with E-state index in [2.05, 4.69) is 5.43 Å². The molecule has 2 aromatic carbocycles. The summed E-state index contributed by atoms with van der Waals surface area (Å²) in [7, 11) is 1.35. The number of hydrogen-bond acceptors (Lipinski definition) is 4. The fraction of sp³-hybridized carbons (Fsp3) is 0.0435. The molecule has 0 atom stereocenters. The second-order valence-corrected chi connectivity index (χ2v) is 7.23. The van der Waals surface area contributed by atoms with Crippen molar-refractivity contribution in [1.29, 1.82) is 0 Å². The molecular formula is C23H20Cl2N4O3. The van der Waals surface area contributed by atoms with Crippen molar-refractivity contribution in [3.05, 3.63) is 107 Å². The highest BCUT2D eigenvalue weighted by Crippen LogP contribution is 2.25. The van der Waals surface area contributed by atoms with Crippen LogP contribution in [0, 0.1) is 0 Å². The number of nitrogens with one attached hydrogen (secondary N) is 1. The average Bonchev–Trinajstić information content (AvgIpc) is 3.52. The van der Waals surface area contributed by atoms with Gasteiger partial charge in [-0.05, 0) is 48.5 Å². The van der Waals surface area contributed by atoms with Gasteiger partial charge in [-0.25, -0.2) is 10.6 Å². The number of para-hydroxylation sites is 2. The van der Waals surface area contributed by atoms with Crippen LogP contribution in [0.1, 0.15) is 20.7 Å². The molecule has 2 aromatic heterocycles. The predicted molar refractivity (Wildman–Crippen MR) is 125 cm³/mol. The summed E-state index contributed by atoms with van der Waals surface area (Å²) in [6, 6.07) is 17.7. The SMILES string of the molecule is COC(=O)c1cccc(Cl)c1-n1cccc1.NNC(=O)c1cccc(Cl)c1-n1cccc1. The van der Waals surface area contributed by atoms with Gasteiger partial charge in [-0.2, -0.15) is 0 Å². The van der Waals surface area contributed by atoms with Crippen LogP contribution in [0.3, 0.4) is 0 Å². The number of aromatic nitrogens is 2. The van der Waals surface area contributed by atoms with E-state index in [1.807, 2.05) is 49.1 Å². The van der Waals surface area contributed by atoms with Gasteiger partial charge in [0.1, 0.15) is 0 Å². The van der Waals surface area contributed by atoms with E-state index in [1.165, 1.54) is 7.11 Å². The molecule has 1 amide bonds. The van der Waals surface area contributed by atoms with E-state index in [-0.39, 0.29) is 5.91 Å². The van der Waals surface area contributed by atoms with E-state index in [1.54, 1.807) is 45.5 Å². The lowest BCUT2D eigenvalue weighted by atomic mass is 10.1. The minimum absolute atomic E-state index is 0.369. The maximum atomic E-state index is 11.6. The van der Waals surface area contributed by atoms with Gasteiger partial charge in [0.25, 0.3) is 5.91 Å². The largest absolute Gasteiger partial charge is 0.465 e. The minimum Gasteiger partial charge on any atom is -0.465 e. The zero-order valence-electron chi connectivity index (χ0n) is 17.0. The number of nitrogens with zero attached hydrogens (tertiary/aromatic N) is 2. The van der Waals surface area contributed by atoms with Gasteiger partial charge < -0.3 is 13.9 Å². The molecule has 0 aliphatic rings. The van der Waals surface area contributed by atoms with Crippen LogP contribution in [0.25, 0.3) is 11.4 Å². The first kappa shape index (κ1) is 23.1. The second kappa shape index (κ2) is 10.7. The number of methoxy groups -OCH3 is 1. The van der Waals surface area contributed by atoms with Gasteiger partial charge >= 0.3 is 5.97 Å². The van der Waals surface area contributed by atoms with Crippen LogP contribution in [0.2, 0.25) is 10.0 Å². The first-order valence-corrected chi connectivity index (χ1v) is 10.2. The molecule has 0 spiro atoms. The smallest absolute Gasteiger partial charge is 0.340 e. The molecule has 4 aromatic rings. The number of nitrogen functional groups attached to an aromatic ring is 1. The Morgan fingerprint density at radius 3 is 1.66 bits per heavy atom. The molecule has 0 saturated heterocycles. The number of carbonyl (C=O) groups is 2. The van der Waals surface area contributed by atoms with Gasteiger partial charge in [-0.15, -0.1) is 0 Å². The molecule has 0 fully saturated rings. The third-order valence-electron chi connectivity index (χ3n) is 4.48. The summed E-state index contributed by atoms with van der Waals surface area (Å²) in [5.41, 5.74) is 4.25. The van der Waals surface area contributed by atoms with Crippen LogP contribution in [0.5, 0.6) is 0 Å². The average molecular weight is 471 g/mol. The highest BCUT2D eigenvalue weighted by Gasteiger charge is 2.15. The van der Waals surface area contributed by atoms with E-state index < -0.39 is 5.97 Å². The summed E-state index contributed by atoms with van der Waals surface area (Å²) in [5.74, 6) is 4.36. The molecule has 2 heterocycles. The molecule has 9 heteroatoms. The molecule has 0 aliphatic carbocycles. The molecule has 0 radical (unpaired) electrons. The molecule has 0 saturated carbocycles. The van der Waals surface area contributed by atoms with Crippen LogP contribution < -0.4 is 11.3 Å². The summed E-state index contributed by atoms with van der Waals surface area (Å²) in [6.07, 6.45) is 7.28. The Balaban J connectivity index is 0.000000181. The Morgan fingerprint density at radius 2 is 1.22 bits per heavy atom. The lowest BCUT2D eigenvalue weighted by Crippen LogP contribution is -2.30. The third kappa shape index (κ3) is 5.03. The number of hydrazine groups is 1. The Bertz CT molecular complexity index is 1110. The summed E-state index contributed by atoms with van der Waals surface area (Å²) in [5, 5.41) is 1.01. The van der Waals surface area contributed by atoms with Crippen molar-refractivity contribution in [3.8, 4) is 11.4 Å². The van der Waals surface area contributed by atoms with Crippen molar-refractivity contribution < 1.29 is 14.3 Å². The number of amides is 1. The lowest BCUT2D eigenvalue weighted by molar-refractivity contribution is 0.0600. The molecule has 0 bridgehead atoms. The van der Waals surface area contributed by atoms with Gasteiger partial charge in [0.2, 0.25) is 0 Å². The molecule has 164 valence electrons. The third-order valence-corrected chi connectivity index (χ3v) is 5.09. The summed E-state index contributed by atoms with van der Waals surface area (Å²) >= 11 is 12.2. The molecule has 7 nitrogen and oxygen atoms in total. The van der Waals surface area contributed by atoms with Crippen LogP contribution in [-0.2, 0) is 4.74 Å². The normalized spacial score (nSPS) is 10.1. The molecule has 3 N–H and O–H groups in total. The number of nitrogens with two attached hydrogens (primary N) is 1. The number of halogens is 2. The molecule has 32 heavy (non-hydrogen) atoms. The number of ether oxygens (including phenoxy) is 1. The van der Waals surface area contributed by atoms with Crippen LogP contribution in [0.15, 0.2) is 85.5 Å². The van der Waals surface area contributed by atoms with Crippen LogP contribution in [0.4, 0.5) is 0 Å². The van der Waals surface area contributed by atoms with E-state index in [0.29, 0.717) is 32.5 Å². The van der Waals surface area contributed by atoms with Gasteiger partial charge in [-0.3, -0.25) is 10.2 Å². The standard InChI is InChI=1S/C12H10ClNO2.C11H10ClN3O/c1-16-12(15)9-5-4-6-10(13)11(9)14-7-2-3-8-14;12-9-5-3-4-8(11(16)14-13)10(9)15-6-1-2-7-15/h2-8H,1H3;1-7H,13H2,(H,14,16). The van der Waals surface area contributed by atoms with Gasteiger partial charge in [0.05, 0.1) is 39.7 Å². The first-order valence-electron chi connectivity index (χ1n) is 9.41. The second-order valence-electron chi connectivity index (χ2n) is 6.42. The van der Waals surface area contributed by atoms with E-state index in [0.717, 1.165) is 0 Å². The minimum atomic E-state index is -0.397. The highest BCUT2D eigenvalue weighted by atomic mass is 35.5. The number of esters is 1. The molecule has 4 rings (SSSR count). The zero-order valence-corrected chi connectivity index (χ0v) is 18.5. The fourth-order valence-electron chi connectivity index (χ4n) is 3.06. The fourth-order valence-corrected chi connectivity index (χ4v) is 3.60. The first-order chi connectivity index (χ1) is 15.5. The number of rotatable bonds is 4. The van der Waals surface area contributed by atoms with Crippen molar-refractivity contribution in [2.75, 3.05) is 7.11 Å². The quantitative estimate of drug-likeness (QED) is 0.196. The summed E-state index contributed by atoms with van der Waals surface area (Å²) in [6.45, 7) is 0. The highest BCUT2D eigenvalue weighted by molar-refractivity contribution is 6.33. The van der Waals surface area contributed by atoms with Crippen LogP contribution in [-0.4, -0.2) is 28.1 Å². The Hall–Kier alpha value is -3.52. The van der Waals surface area contributed by atoms with Crippen molar-refractivity contribution in [3.63, 3.8) is 0 Å². The van der Waals surface area contributed by atoms with Gasteiger partial charge in [0, 0.05) is 24.8 Å². The molecular weight excluding hydrogens is 451 g/mol. The summed E-state index contributed by atoms with van der Waals surface area (Å²) < 4.78 is 8.28. The zero-order chi connectivity index (χ0) is 23.1. The topological polar surface area (TPSA) is 91.3 Å². The van der Waals surface area contributed by atoms with Crippen molar-refractivity contribution in [2.24, 2.45) is 5.84 Å². The summed E-state index contributed by atoms with van der Waals surface area (Å²) in [4.78, 5) is 23.2. The van der Waals surface area contributed by atoms with E-state index in [4.69, 9.17) is 33.8 Å². The molecule has 0 aliphatic heterocycles. The van der Waals surface area contributed by atoms with Crippen molar-refractivity contribution in [2.45, 2.75) is 0 Å². The number of hydrogen-bond donors (Lipinski definition) is 2. The number of carbonyl (C=O) groups excluding carboxylic acids is 2. The van der Waals surface area contributed by atoms with Gasteiger partial charge in [-0.1, -0.05) is 35.3 Å². The molecule has 0 unspecified atom stereocenters. The predicted octanol–water partition coefficient (Wildman–Crippen LogP) is 4.65. The van der Waals surface area contributed by atoms with Crippen molar-refractivity contribution in [1.82, 2.24) is 14.6 Å². The van der Waals surface area contributed by atoms with Crippen LogP contribution >= 0.6 is 23.2 Å². The maximum Gasteiger partial charge on any atom is 0.340 e. The Kier molecular flexibility index (Phi) is 7.72. The Labute approximate surface area is 194 Å². The van der Waals surface area contributed by atoms with E-state index >= 15 is 0 Å². The number of benzene rings is 2. The Morgan fingerprint density at radius 1 is 0.781 bits per heavy atom. The maximum absolute atomic E-state index is 11.6. The van der Waals surface area contributed by atoms with Gasteiger partial charge in [0.15, 0.2) is 0 Å².